The van der Waals surface area contributed by atoms with Gasteiger partial charge in [0.05, 0.1) is 5.56 Å². The first-order valence-corrected chi connectivity index (χ1v) is 4.07. The van der Waals surface area contributed by atoms with E-state index in [9.17, 15) is 18.0 Å². The van der Waals surface area contributed by atoms with Gasteiger partial charge in [0, 0.05) is 5.56 Å². The highest BCUT2D eigenvalue weighted by molar-refractivity contribution is 6.67. The molecule has 0 radical (unpaired) electrons. The smallest absolute Gasteiger partial charge is 0.276 e. The second-order valence-corrected chi connectivity index (χ2v) is 3.20. The molecule has 76 valence electrons. The minimum Gasteiger partial charge on any atom is -0.276 e. The summed E-state index contributed by atoms with van der Waals surface area (Å²) in [5, 5.41) is -0.890. The minimum atomic E-state index is -4.45. The fraction of sp³-hybridized carbons (Fsp3) is 0.222. The average molecular weight is 223 g/mol. The van der Waals surface area contributed by atoms with Crippen molar-refractivity contribution in [3.8, 4) is 0 Å². The Morgan fingerprint density at radius 2 is 1.86 bits per heavy atom. The predicted molar refractivity (Wildman–Crippen MR) is 46.4 cm³/mol. The molecule has 0 spiro atoms. The molecule has 0 bridgehead atoms. The van der Waals surface area contributed by atoms with E-state index < -0.39 is 17.0 Å². The normalized spacial score (nSPS) is 11.5. The van der Waals surface area contributed by atoms with Crippen molar-refractivity contribution in [2.75, 3.05) is 0 Å². The number of carbonyl (C=O) groups is 1. The lowest BCUT2D eigenvalue weighted by atomic mass is 10.1. The van der Waals surface area contributed by atoms with Gasteiger partial charge in [-0.2, -0.15) is 13.2 Å². The summed E-state index contributed by atoms with van der Waals surface area (Å²) in [5.41, 5.74) is -0.649. The van der Waals surface area contributed by atoms with Crippen molar-refractivity contribution in [3.05, 3.63) is 34.9 Å². The first-order chi connectivity index (χ1) is 6.30. The third kappa shape index (κ3) is 2.48. The number of halogens is 4. The zero-order valence-corrected chi connectivity index (χ0v) is 7.91. The van der Waals surface area contributed by atoms with Gasteiger partial charge in [0.1, 0.15) is 0 Å². The topological polar surface area (TPSA) is 17.1 Å². The van der Waals surface area contributed by atoms with Crippen LogP contribution in [0, 0.1) is 6.92 Å². The van der Waals surface area contributed by atoms with E-state index in [1.54, 1.807) is 0 Å². The summed E-state index contributed by atoms with van der Waals surface area (Å²) in [6, 6.07) is 3.01. The first-order valence-electron chi connectivity index (χ1n) is 3.69. The van der Waals surface area contributed by atoms with Crippen LogP contribution < -0.4 is 0 Å². The Bertz CT molecular complexity index is 371. The molecule has 0 N–H and O–H groups in total. The van der Waals surface area contributed by atoms with Gasteiger partial charge in [0.15, 0.2) is 0 Å². The zero-order valence-electron chi connectivity index (χ0n) is 7.15. The zero-order chi connectivity index (χ0) is 10.9. The van der Waals surface area contributed by atoms with Gasteiger partial charge < -0.3 is 0 Å². The molecule has 1 aromatic carbocycles. The van der Waals surface area contributed by atoms with Gasteiger partial charge in [-0.3, -0.25) is 4.79 Å². The molecule has 5 heteroatoms. The molecular weight excluding hydrogens is 217 g/mol. The molecule has 0 unspecified atom stereocenters. The minimum absolute atomic E-state index is 0.140. The number of hydrogen-bond acceptors (Lipinski definition) is 1. The van der Waals surface area contributed by atoms with Crippen molar-refractivity contribution in [2.24, 2.45) is 0 Å². The Kier molecular flexibility index (Phi) is 2.85. The summed E-state index contributed by atoms with van der Waals surface area (Å²) >= 11 is 5.09. The first kappa shape index (κ1) is 11.0. The Labute approximate surface area is 83.5 Å². The van der Waals surface area contributed by atoms with E-state index >= 15 is 0 Å². The maximum Gasteiger partial charge on any atom is 0.416 e. The largest absolute Gasteiger partial charge is 0.416 e. The number of carbonyl (C=O) groups excluding carboxylic acids is 1. The summed E-state index contributed by atoms with van der Waals surface area (Å²) in [5.74, 6) is 0. The summed E-state index contributed by atoms with van der Waals surface area (Å²) in [6.07, 6.45) is -4.45. The maximum absolute atomic E-state index is 12.3. The molecule has 1 nitrogen and oxygen atoms in total. The quantitative estimate of drug-likeness (QED) is 0.666. The lowest BCUT2D eigenvalue weighted by Crippen LogP contribution is -2.06. The Morgan fingerprint density at radius 3 is 2.29 bits per heavy atom. The Balaban J connectivity index is 3.28. The summed E-state index contributed by atoms with van der Waals surface area (Å²) in [7, 11) is 0. The number of hydrogen-bond donors (Lipinski definition) is 0. The van der Waals surface area contributed by atoms with Crippen LogP contribution in [-0.4, -0.2) is 5.24 Å². The van der Waals surface area contributed by atoms with Gasteiger partial charge in [0.25, 0.3) is 5.24 Å². The summed E-state index contributed by atoms with van der Waals surface area (Å²) in [4.78, 5) is 10.7. The van der Waals surface area contributed by atoms with Crippen molar-refractivity contribution in [1.29, 1.82) is 0 Å². The van der Waals surface area contributed by atoms with E-state index in [2.05, 4.69) is 0 Å². The standard InChI is InChI=1S/C9H6ClF3O/c1-5-2-6(8(10)14)4-7(3-5)9(11,12)13/h2-4H,1H3. The van der Waals surface area contributed by atoms with E-state index in [-0.39, 0.29) is 5.56 Å². The molecule has 0 aliphatic carbocycles. The SMILES string of the molecule is Cc1cc(C(=O)Cl)cc(C(F)(F)F)c1. The van der Waals surface area contributed by atoms with E-state index in [0.717, 1.165) is 12.1 Å². The fourth-order valence-electron chi connectivity index (χ4n) is 1.06. The number of benzene rings is 1. The van der Waals surface area contributed by atoms with Crippen LogP contribution in [0.15, 0.2) is 18.2 Å². The second-order valence-electron chi connectivity index (χ2n) is 2.86. The summed E-state index contributed by atoms with van der Waals surface area (Å²) in [6.45, 7) is 1.47. The van der Waals surface area contributed by atoms with Gasteiger partial charge in [0.2, 0.25) is 0 Å². The number of rotatable bonds is 1. The lowest BCUT2D eigenvalue weighted by Gasteiger charge is -2.08. The van der Waals surface area contributed by atoms with E-state index in [1.165, 1.54) is 13.0 Å². The van der Waals surface area contributed by atoms with Crippen LogP contribution in [0.25, 0.3) is 0 Å². The van der Waals surface area contributed by atoms with Gasteiger partial charge in [-0.1, -0.05) is 0 Å². The molecule has 0 saturated carbocycles. The van der Waals surface area contributed by atoms with Crippen LogP contribution in [0.2, 0.25) is 0 Å². The van der Waals surface area contributed by atoms with Crippen LogP contribution in [0.1, 0.15) is 21.5 Å². The summed E-state index contributed by atoms with van der Waals surface area (Å²) < 4.78 is 36.8. The van der Waals surface area contributed by atoms with Crippen molar-refractivity contribution in [1.82, 2.24) is 0 Å². The molecule has 0 heterocycles. The average Bonchev–Trinajstić information content (AvgIpc) is 2.01. The molecule has 0 atom stereocenters. The van der Waals surface area contributed by atoms with Gasteiger partial charge >= 0.3 is 6.18 Å². The molecule has 0 aliphatic rings. The van der Waals surface area contributed by atoms with E-state index in [1.807, 2.05) is 0 Å². The van der Waals surface area contributed by atoms with Crippen LogP contribution >= 0.6 is 11.6 Å². The molecule has 0 aliphatic heterocycles. The molecule has 1 rings (SSSR count). The number of alkyl halides is 3. The van der Waals surface area contributed by atoms with Crippen LogP contribution in [0.4, 0.5) is 13.2 Å². The molecule has 0 fully saturated rings. The molecular formula is C9H6ClF3O. The predicted octanol–water partition coefficient (Wildman–Crippen LogP) is 3.39. The van der Waals surface area contributed by atoms with Crippen molar-refractivity contribution in [2.45, 2.75) is 13.1 Å². The van der Waals surface area contributed by atoms with Gasteiger partial charge in [-0.05, 0) is 42.3 Å². The maximum atomic E-state index is 12.3. The second kappa shape index (κ2) is 3.61. The molecule has 0 aromatic heterocycles. The van der Waals surface area contributed by atoms with E-state index in [4.69, 9.17) is 11.6 Å². The van der Waals surface area contributed by atoms with Crippen molar-refractivity contribution < 1.29 is 18.0 Å². The lowest BCUT2D eigenvalue weighted by molar-refractivity contribution is -0.137. The molecule has 0 saturated heterocycles. The van der Waals surface area contributed by atoms with E-state index in [0.29, 0.717) is 5.56 Å². The fourth-order valence-corrected chi connectivity index (χ4v) is 1.17. The van der Waals surface area contributed by atoms with Gasteiger partial charge in [-0.15, -0.1) is 0 Å². The third-order valence-electron chi connectivity index (χ3n) is 1.63. The van der Waals surface area contributed by atoms with Crippen molar-refractivity contribution >= 4 is 16.8 Å². The Hall–Kier alpha value is -1.03. The van der Waals surface area contributed by atoms with Crippen LogP contribution in [0.3, 0.4) is 0 Å². The van der Waals surface area contributed by atoms with Crippen LogP contribution in [0.5, 0.6) is 0 Å². The molecule has 1 aromatic rings. The molecule has 14 heavy (non-hydrogen) atoms. The number of aryl methyl sites for hydroxylation is 1. The monoisotopic (exact) mass is 222 g/mol. The highest BCUT2D eigenvalue weighted by Crippen LogP contribution is 2.30. The molecule has 0 amide bonds. The highest BCUT2D eigenvalue weighted by atomic mass is 35.5. The highest BCUT2D eigenvalue weighted by Gasteiger charge is 2.31. The Morgan fingerprint density at radius 1 is 1.29 bits per heavy atom. The van der Waals surface area contributed by atoms with Crippen molar-refractivity contribution in [3.63, 3.8) is 0 Å². The van der Waals surface area contributed by atoms with Gasteiger partial charge in [-0.25, -0.2) is 0 Å². The third-order valence-corrected chi connectivity index (χ3v) is 1.85. The van der Waals surface area contributed by atoms with Crippen LogP contribution in [-0.2, 0) is 6.18 Å².